The highest BCUT2D eigenvalue weighted by Gasteiger charge is 2.21. The van der Waals surface area contributed by atoms with Crippen LogP contribution in [0.25, 0.3) is 0 Å². The van der Waals surface area contributed by atoms with E-state index in [9.17, 15) is 19.7 Å². The molecule has 0 amide bonds. The van der Waals surface area contributed by atoms with Gasteiger partial charge in [-0.25, -0.2) is 9.13 Å². The third-order valence-corrected chi connectivity index (χ3v) is 5.85. The number of nitro groups is 1. The van der Waals surface area contributed by atoms with Crippen molar-refractivity contribution in [1.29, 1.82) is 0 Å². The minimum Gasteiger partial charge on any atom is -0.427 e. The van der Waals surface area contributed by atoms with Crippen molar-refractivity contribution in [2.75, 3.05) is 5.75 Å². The van der Waals surface area contributed by atoms with Crippen molar-refractivity contribution in [1.82, 2.24) is 4.57 Å². The zero-order valence-electron chi connectivity index (χ0n) is 16.4. The summed E-state index contributed by atoms with van der Waals surface area (Å²) in [7, 11) is 3.95. The topological polar surface area (TPSA) is 95.3 Å². The molecule has 8 nitrogen and oxygen atoms in total. The quantitative estimate of drug-likeness (QED) is 0.159. The molecule has 0 unspecified atom stereocenters. The lowest BCUT2D eigenvalue weighted by Gasteiger charge is -2.04. The smallest absolute Gasteiger partial charge is 0.318 e. The number of aromatic nitrogens is 2. The second kappa shape index (κ2) is 9.50. The van der Waals surface area contributed by atoms with Crippen LogP contribution in [0.15, 0.2) is 29.4 Å². The fraction of sp³-hybridized carbons (Fsp3) is 0.421. The van der Waals surface area contributed by atoms with Crippen LogP contribution in [0.5, 0.6) is 5.75 Å². The highest BCUT2D eigenvalue weighted by atomic mass is 32.2. The number of Topliss-reactive ketones (excluding diaryl/α,β-unsaturated/α-hetero) is 1. The fourth-order valence-corrected chi connectivity index (χ4v) is 3.75. The van der Waals surface area contributed by atoms with E-state index >= 15 is 0 Å². The van der Waals surface area contributed by atoms with Crippen LogP contribution in [-0.4, -0.2) is 27.0 Å². The number of benzene rings is 1. The van der Waals surface area contributed by atoms with Crippen molar-refractivity contribution in [3.8, 4) is 5.75 Å². The van der Waals surface area contributed by atoms with Gasteiger partial charge in [-0.05, 0) is 30.3 Å². The highest BCUT2D eigenvalue weighted by molar-refractivity contribution is 7.99. The minimum atomic E-state index is -0.521. The van der Waals surface area contributed by atoms with E-state index < -0.39 is 10.9 Å². The number of carbonyl (C=O) groups is 2. The van der Waals surface area contributed by atoms with Crippen molar-refractivity contribution in [2.24, 2.45) is 14.1 Å². The van der Waals surface area contributed by atoms with Gasteiger partial charge in [0.1, 0.15) is 22.9 Å². The highest BCUT2D eigenvalue weighted by Crippen LogP contribution is 2.19. The van der Waals surface area contributed by atoms with Gasteiger partial charge in [0.2, 0.25) is 0 Å². The van der Waals surface area contributed by atoms with Crippen molar-refractivity contribution in [2.45, 2.75) is 38.3 Å². The molecule has 0 fully saturated rings. The molecule has 1 aromatic carbocycles. The van der Waals surface area contributed by atoms with Gasteiger partial charge in [0.05, 0.1) is 24.8 Å². The molecule has 150 valence electrons. The average molecular weight is 406 g/mol. The number of imidazole rings is 1. The maximum Gasteiger partial charge on any atom is 0.318 e. The van der Waals surface area contributed by atoms with E-state index in [1.54, 1.807) is 0 Å². The lowest BCUT2D eigenvalue weighted by atomic mass is 10.2. The van der Waals surface area contributed by atoms with E-state index in [1.807, 2.05) is 27.9 Å². The molecule has 0 N–H and O–H groups in total. The Bertz CT molecular complexity index is 864. The summed E-state index contributed by atoms with van der Waals surface area (Å²) in [6.45, 7) is 4.08. The fourth-order valence-electron chi connectivity index (χ4n) is 2.66. The Morgan fingerprint density at radius 2 is 1.86 bits per heavy atom. The van der Waals surface area contributed by atoms with Gasteiger partial charge in [0.25, 0.3) is 5.69 Å². The van der Waals surface area contributed by atoms with Gasteiger partial charge in [-0.2, -0.15) is 0 Å². The molecule has 1 heterocycles. The number of esters is 1. The van der Waals surface area contributed by atoms with Gasteiger partial charge in [-0.1, -0.05) is 0 Å². The van der Waals surface area contributed by atoms with E-state index in [2.05, 4.69) is 9.13 Å². The Kier molecular flexibility index (Phi) is 7.33. The van der Waals surface area contributed by atoms with Crippen LogP contribution >= 0.6 is 11.8 Å². The first kappa shape index (κ1) is 21.6. The predicted octanol–water partition coefficient (Wildman–Crippen LogP) is 2.81. The van der Waals surface area contributed by atoms with Gasteiger partial charge in [0, 0.05) is 38.8 Å². The first-order chi connectivity index (χ1) is 13.2. The Morgan fingerprint density at radius 1 is 1.21 bits per heavy atom. The van der Waals surface area contributed by atoms with Gasteiger partial charge < -0.3 is 4.74 Å². The number of hydrogen-bond donors (Lipinski definition) is 0. The van der Waals surface area contributed by atoms with E-state index in [4.69, 9.17) is 4.74 Å². The van der Waals surface area contributed by atoms with Gasteiger partial charge in [0.15, 0.2) is 0 Å². The second-order valence-electron chi connectivity index (χ2n) is 6.48. The molecule has 2 aromatic rings. The molecular formula is C19H24N3O5S+. The molecule has 0 saturated heterocycles. The lowest BCUT2D eigenvalue weighted by molar-refractivity contribution is -0.715. The number of non-ortho nitro benzene ring substituents is 1. The van der Waals surface area contributed by atoms with Crippen molar-refractivity contribution in [3.05, 3.63) is 45.8 Å². The summed E-state index contributed by atoms with van der Waals surface area (Å²) in [5.74, 6) is 0.209. The monoisotopic (exact) mass is 406 g/mol. The molecule has 2 rings (SSSR count). The van der Waals surface area contributed by atoms with Crippen LogP contribution in [0, 0.1) is 24.0 Å². The molecule has 0 radical (unpaired) electrons. The van der Waals surface area contributed by atoms with Crippen LogP contribution in [0.3, 0.4) is 0 Å². The average Bonchev–Trinajstić information content (AvgIpc) is 2.83. The molecule has 0 aliphatic rings. The zero-order chi connectivity index (χ0) is 20.8. The van der Waals surface area contributed by atoms with Crippen LogP contribution in [0.4, 0.5) is 5.69 Å². The van der Waals surface area contributed by atoms with Crippen LogP contribution < -0.4 is 9.30 Å². The standard InChI is InChI=1S/C19H24N3O5S/c1-13-14(2)21(4)19(20(13)3)28-12-16(23)6-5-7-18(24)27-17-10-8-15(9-11-17)22(25)26/h8-11H,5-7,12H2,1-4H3/q+1. The number of carbonyl (C=O) groups excluding carboxylic acids is 2. The number of thioether (sulfide) groups is 1. The van der Waals surface area contributed by atoms with Crippen molar-refractivity contribution >= 4 is 29.2 Å². The summed E-state index contributed by atoms with van der Waals surface area (Å²) in [5.41, 5.74) is 2.25. The van der Waals surface area contributed by atoms with Gasteiger partial charge in [-0.3, -0.25) is 19.7 Å². The minimum absolute atomic E-state index is 0.0695. The van der Waals surface area contributed by atoms with Gasteiger partial charge in [-0.15, -0.1) is 0 Å². The summed E-state index contributed by atoms with van der Waals surface area (Å²) in [6.07, 6.45) is 0.820. The molecule has 9 heteroatoms. The van der Waals surface area contributed by atoms with Crippen LogP contribution in [-0.2, 0) is 23.7 Å². The van der Waals surface area contributed by atoms with Crippen LogP contribution in [0.2, 0.25) is 0 Å². The summed E-state index contributed by atoms with van der Waals surface area (Å²) >= 11 is 1.49. The number of hydrogen-bond acceptors (Lipinski definition) is 6. The number of nitro benzene ring substituents is 1. The Balaban J connectivity index is 1.74. The van der Waals surface area contributed by atoms with Crippen molar-refractivity contribution < 1.29 is 23.8 Å². The van der Waals surface area contributed by atoms with E-state index in [1.165, 1.54) is 36.0 Å². The Morgan fingerprint density at radius 3 is 2.39 bits per heavy atom. The largest absolute Gasteiger partial charge is 0.427 e. The molecule has 1 aromatic heterocycles. The normalized spacial score (nSPS) is 10.7. The molecular weight excluding hydrogens is 382 g/mol. The lowest BCUT2D eigenvalue weighted by Crippen LogP contribution is -2.32. The first-order valence-corrected chi connectivity index (χ1v) is 9.80. The first-order valence-electron chi connectivity index (χ1n) is 8.82. The van der Waals surface area contributed by atoms with Crippen molar-refractivity contribution in [3.63, 3.8) is 0 Å². The Labute approximate surface area is 167 Å². The third kappa shape index (κ3) is 5.41. The maximum absolute atomic E-state index is 12.1. The SMILES string of the molecule is Cc1c(C)[n+](C)c(SCC(=O)CCCC(=O)Oc2ccc([N+](=O)[O-])cc2)n1C. The summed E-state index contributed by atoms with van der Waals surface area (Å²) in [5, 5.41) is 11.6. The summed E-state index contributed by atoms with van der Waals surface area (Å²) < 4.78 is 9.25. The molecule has 0 saturated carbocycles. The second-order valence-corrected chi connectivity index (χ2v) is 7.42. The molecule has 28 heavy (non-hydrogen) atoms. The number of ketones is 1. The predicted molar refractivity (Wildman–Crippen MR) is 104 cm³/mol. The Hall–Kier alpha value is -2.68. The summed E-state index contributed by atoms with van der Waals surface area (Å²) in [4.78, 5) is 34.0. The van der Waals surface area contributed by atoms with E-state index in [0.29, 0.717) is 18.6 Å². The van der Waals surface area contributed by atoms with Gasteiger partial charge >= 0.3 is 11.1 Å². The summed E-state index contributed by atoms with van der Waals surface area (Å²) in [6, 6.07) is 5.30. The number of ether oxygens (including phenoxy) is 1. The molecule has 0 atom stereocenters. The number of rotatable bonds is 9. The third-order valence-electron chi connectivity index (χ3n) is 4.58. The van der Waals surface area contributed by atoms with E-state index in [0.717, 1.165) is 16.5 Å². The number of nitrogens with zero attached hydrogens (tertiary/aromatic N) is 3. The molecule has 0 aliphatic carbocycles. The molecule has 0 spiro atoms. The maximum atomic E-state index is 12.1. The van der Waals surface area contributed by atoms with Crippen LogP contribution in [0.1, 0.15) is 30.7 Å². The molecule has 0 aliphatic heterocycles. The zero-order valence-corrected chi connectivity index (χ0v) is 17.2. The molecule has 0 bridgehead atoms. The van der Waals surface area contributed by atoms with E-state index in [-0.39, 0.29) is 23.6 Å².